The van der Waals surface area contributed by atoms with Crippen molar-refractivity contribution in [1.82, 2.24) is 14.8 Å². The highest BCUT2D eigenvalue weighted by Gasteiger charge is 1.99. The van der Waals surface area contributed by atoms with Crippen molar-refractivity contribution in [2.24, 2.45) is 0 Å². The smallest absolute Gasteiger partial charge is 0.180 e. The van der Waals surface area contributed by atoms with E-state index in [9.17, 15) is 0 Å². The summed E-state index contributed by atoms with van der Waals surface area (Å²) in [5, 5.41) is 7.41. The van der Waals surface area contributed by atoms with E-state index in [1.54, 1.807) is 6.20 Å². The number of hydrogen-bond acceptors (Lipinski definition) is 4. The number of aromatic nitrogens is 3. The molecule has 0 aliphatic heterocycles. The molecule has 0 unspecified atom stereocenters. The number of aryl methyl sites for hydroxylation is 1. The molecule has 5 nitrogen and oxygen atoms in total. The predicted octanol–water partition coefficient (Wildman–Crippen LogP) is 1.50. The minimum absolute atomic E-state index is 0.612. The van der Waals surface area contributed by atoms with Crippen molar-refractivity contribution in [3.63, 3.8) is 0 Å². The first-order valence-electron chi connectivity index (χ1n) is 4.53. The van der Waals surface area contributed by atoms with E-state index in [1.165, 1.54) is 6.39 Å². The fourth-order valence-electron chi connectivity index (χ4n) is 1.14. The second kappa shape index (κ2) is 3.95. The Labute approximate surface area is 81.8 Å². The molecule has 0 bridgehead atoms. The van der Waals surface area contributed by atoms with Gasteiger partial charge in [-0.2, -0.15) is 5.10 Å². The van der Waals surface area contributed by atoms with Gasteiger partial charge in [0, 0.05) is 18.8 Å². The van der Waals surface area contributed by atoms with Crippen LogP contribution >= 0.6 is 0 Å². The quantitative estimate of drug-likeness (QED) is 0.797. The maximum Gasteiger partial charge on any atom is 0.180 e. The summed E-state index contributed by atoms with van der Waals surface area (Å²) in [5.74, 6) is 1.65. The topological polar surface area (TPSA) is 55.9 Å². The van der Waals surface area contributed by atoms with Gasteiger partial charge in [0.25, 0.3) is 0 Å². The van der Waals surface area contributed by atoms with Crippen molar-refractivity contribution in [2.75, 3.05) is 5.32 Å². The van der Waals surface area contributed by atoms with E-state index in [4.69, 9.17) is 4.42 Å². The van der Waals surface area contributed by atoms with Crippen LogP contribution in [0, 0.1) is 0 Å². The average molecular weight is 192 g/mol. The first-order valence-corrected chi connectivity index (χ1v) is 4.53. The van der Waals surface area contributed by atoms with Gasteiger partial charge in [0.2, 0.25) is 0 Å². The van der Waals surface area contributed by atoms with Crippen molar-refractivity contribution in [3.8, 4) is 0 Å². The summed E-state index contributed by atoms with van der Waals surface area (Å²) >= 11 is 0. The average Bonchev–Trinajstić information content (AvgIpc) is 2.86. The molecule has 2 aromatic rings. The van der Waals surface area contributed by atoms with Crippen LogP contribution in [0.4, 0.5) is 5.82 Å². The Hall–Kier alpha value is -1.78. The Kier molecular flexibility index (Phi) is 2.48. The summed E-state index contributed by atoms with van der Waals surface area (Å²) in [6, 6.07) is 1.93. The molecule has 0 aliphatic carbocycles. The number of nitrogens with one attached hydrogen (secondary N) is 1. The standard InChI is InChI=1S/C9H12N4O/c1-2-13-4-3-9(12-13)11-6-8-5-10-7-14-8/h3-5,7H,2,6H2,1H3,(H,11,12). The SMILES string of the molecule is CCn1ccc(NCc2cnco2)n1. The van der Waals surface area contributed by atoms with E-state index >= 15 is 0 Å². The lowest BCUT2D eigenvalue weighted by Crippen LogP contribution is -2.00. The van der Waals surface area contributed by atoms with Crippen molar-refractivity contribution < 1.29 is 4.42 Å². The molecule has 0 spiro atoms. The van der Waals surface area contributed by atoms with E-state index in [-0.39, 0.29) is 0 Å². The molecule has 74 valence electrons. The van der Waals surface area contributed by atoms with Crippen LogP contribution in [0.5, 0.6) is 0 Å². The molecule has 2 aromatic heterocycles. The van der Waals surface area contributed by atoms with Gasteiger partial charge in [-0.1, -0.05) is 0 Å². The lowest BCUT2D eigenvalue weighted by Gasteiger charge is -1.98. The third kappa shape index (κ3) is 1.93. The summed E-state index contributed by atoms with van der Waals surface area (Å²) in [4.78, 5) is 3.82. The molecule has 5 heteroatoms. The van der Waals surface area contributed by atoms with Crippen LogP contribution in [0.1, 0.15) is 12.7 Å². The Morgan fingerprint density at radius 3 is 3.14 bits per heavy atom. The summed E-state index contributed by atoms with van der Waals surface area (Å²) in [6.45, 7) is 3.54. The fraction of sp³-hybridized carbons (Fsp3) is 0.333. The van der Waals surface area contributed by atoms with Crippen molar-refractivity contribution >= 4 is 5.82 Å². The fourth-order valence-corrected chi connectivity index (χ4v) is 1.14. The second-order valence-electron chi connectivity index (χ2n) is 2.88. The Bertz CT molecular complexity index is 379. The van der Waals surface area contributed by atoms with Gasteiger partial charge < -0.3 is 9.73 Å². The number of anilines is 1. The highest BCUT2D eigenvalue weighted by Crippen LogP contribution is 2.05. The normalized spacial score (nSPS) is 10.4. The lowest BCUT2D eigenvalue weighted by molar-refractivity contribution is 0.511. The van der Waals surface area contributed by atoms with Gasteiger partial charge in [0.05, 0.1) is 12.7 Å². The molecule has 1 N–H and O–H groups in total. The molecule has 0 atom stereocenters. The van der Waals surface area contributed by atoms with E-state index in [0.717, 1.165) is 18.1 Å². The molecule has 2 heterocycles. The zero-order chi connectivity index (χ0) is 9.80. The Morgan fingerprint density at radius 2 is 2.50 bits per heavy atom. The molecule has 0 saturated heterocycles. The number of oxazole rings is 1. The molecule has 0 fully saturated rings. The third-order valence-corrected chi connectivity index (χ3v) is 1.89. The zero-order valence-electron chi connectivity index (χ0n) is 7.97. The van der Waals surface area contributed by atoms with Crippen molar-refractivity contribution in [1.29, 1.82) is 0 Å². The van der Waals surface area contributed by atoms with Crippen molar-refractivity contribution in [3.05, 3.63) is 30.6 Å². The van der Waals surface area contributed by atoms with Gasteiger partial charge in [0.1, 0.15) is 11.6 Å². The van der Waals surface area contributed by atoms with Gasteiger partial charge >= 0.3 is 0 Å². The van der Waals surface area contributed by atoms with E-state index < -0.39 is 0 Å². The third-order valence-electron chi connectivity index (χ3n) is 1.89. The van der Waals surface area contributed by atoms with Crippen LogP contribution in [0.2, 0.25) is 0 Å². The molecule has 0 amide bonds. The first-order chi connectivity index (χ1) is 6.88. The van der Waals surface area contributed by atoms with Gasteiger partial charge in [-0.15, -0.1) is 0 Å². The van der Waals surface area contributed by atoms with Gasteiger partial charge in [0.15, 0.2) is 6.39 Å². The van der Waals surface area contributed by atoms with Gasteiger partial charge in [-0.05, 0) is 6.92 Å². The molecule has 14 heavy (non-hydrogen) atoms. The van der Waals surface area contributed by atoms with Crippen LogP contribution < -0.4 is 5.32 Å². The van der Waals surface area contributed by atoms with E-state index in [1.807, 2.05) is 23.9 Å². The largest absolute Gasteiger partial charge is 0.447 e. The number of hydrogen-bond donors (Lipinski definition) is 1. The van der Waals surface area contributed by atoms with Crippen LogP contribution in [0.15, 0.2) is 29.3 Å². The highest BCUT2D eigenvalue weighted by atomic mass is 16.3. The molecular formula is C9H12N4O. The molecule has 0 aliphatic rings. The number of rotatable bonds is 4. The Balaban J connectivity index is 1.92. The van der Waals surface area contributed by atoms with E-state index in [2.05, 4.69) is 15.4 Å². The molecular weight excluding hydrogens is 180 g/mol. The van der Waals surface area contributed by atoms with Gasteiger partial charge in [-0.25, -0.2) is 4.98 Å². The summed E-state index contributed by atoms with van der Waals surface area (Å²) < 4.78 is 6.94. The molecule has 0 radical (unpaired) electrons. The number of nitrogens with zero attached hydrogens (tertiary/aromatic N) is 3. The van der Waals surface area contributed by atoms with Crippen LogP contribution in [-0.2, 0) is 13.1 Å². The summed E-state index contributed by atoms with van der Waals surface area (Å²) in [7, 11) is 0. The van der Waals surface area contributed by atoms with Crippen molar-refractivity contribution in [2.45, 2.75) is 20.0 Å². The van der Waals surface area contributed by atoms with Crippen LogP contribution in [-0.4, -0.2) is 14.8 Å². The molecule has 2 rings (SSSR count). The zero-order valence-corrected chi connectivity index (χ0v) is 7.97. The maximum atomic E-state index is 5.08. The highest BCUT2D eigenvalue weighted by molar-refractivity contribution is 5.32. The maximum absolute atomic E-state index is 5.08. The van der Waals surface area contributed by atoms with Crippen LogP contribution in [0.3, 0.4) is 0 Å². The van der Waals surface area contributed by atoms with Gasteiger partial charge in [-0.3, -0.25) is 4.68 Å². The summed E-state index contributed by atoms with van der Waals surface area (Å²) in [6.07, 6.45) is 5.04. The second-order valence-corrected chi connectivity index (χ2v) is 2.88. The Morgan fingerprint density at radius 1 is 1.57 bits per heavy atom. The minimum Gasteiger partial charge on any atom is -0.447 e. The predicted molar refractivity (Wildman–Crippen MR) is 51.7 cm³/mol. The monoisotopic (exact) mass is 192 g/mol. The minimum atomic E-state index is 0.612. The van der Waals surface area contributed by atoms with E-state index in [0.29, 0.717) is 6.54 Å². The molecule has 0 aromatic carbocycles. The molecule has 0 saturated carbocycles. The summed E-state index contributed by atoms with van der Waals surface area (Å²) in [5.41, 5.74) is 0. The first kappa shape index (κ1) is 8.80. The lowest BCUT2D eigenvalue weighted by atomic mass is 10.5. The van der Waals surface area contributed by atoms with Crippen LogP contribution in [0.25, 0.3) is 0 Å².